The van der Waals surface area contributed by atoms with Gasteiger partial charge in [0.2, 0.25) is 0 Å². The first-order valence-electron chi connectivity index (χ1n) is 3.66. The third-order valence-electron chi connectivity index (χ3n) is 1.34. The SMILES string of the molecule is C=CCN(CCO)CCC#N. The Hall–Kier alpha value is -0.850. The molecular formula is C8H14N2O. The molecule has 0 spiro atoms. The van der Waals surface area contributed by atoms with Gasteiger partial charge in [-0.15, -0.1) is 6.58 Å². The molecule has 0 atom stereocenters. The van der Waals surface area contributed by atoms with Gasteiger partial charge < -0.3 is 5.11 Å². The van der Waals surface area contributed by atoms with E-state index >= 15 is 0 Å². The van der Waals surface area contributed by atoms with Crippen molar-refractivity contribution in [3.8, 4) is 6.07 Å². The van der Waals surface area contributed by atoms with Gasteiger partial charge >= 0.3 is 0 Å². The van der Waals surface area contributed by atoms with Crippen LogP contribution >= 0.6 is 0 Å². The molecule has 0 aliphatic heterocycles. The highest BCUT2D eigenvalue weighted by Crippen LogP contribution is 1.89. The Morgan fingerprint density at radius 1 is 1.55 bits per heavy atom. The highest BCUT2D eigenvalue weighted by molar-refractivity contribution is 4.77. The van der Waals surface area contributed by atoms with E-state index in [1.54, 1.807) is 6.08 Å². The fraction of sp³-hybridized carbons (Fsp3) is 0.625. The Morgan fingerprint density at radius 2 is 2.27 bits per heavy atom. The van der Waals surface area contributed by atoms with Gasteiger partial charge in [0.05, 0.1) is 12.7 Å². The van der Waals surface area contributed by atoms with E-state index in [9.17, 15) is 0 Å². The molecule has 0 radical (unpaired) electrons. The second kappa shape index (κ2) is 7.26. The smallest absolute Gasteiger partial charge is 0.0635 e. The van der Waals surface area contributed by atoms with Crippen molar-refractivity contribution in [1.82, 2.24) is 4.90 Å². The van der Waals surface area contributed by atoms with Gasteiger partial charge in [0.25, 0.3) is 0 Å². The van der Waals surface area contributed by atoms with Crippen LogP contribution in [0.1, 0.15) is 6.42 Å². The molecule has 11 heavy (non-hydrogen) atoms. The third-order valence-corrected chi connectivity index (χ3v) is 1.34. The highest BCUT2D eigenvalue weighted by Gasteiger charge is 1.99. The fourth-order valence-electron chi connectivity index (χ4n) is 0.826. The zero-order valence-electron chi connectivity index (χ0n) is 6.66. The van der Waals surface area contributed by atoms with Crippen LogP contribution in [0.15, 0.2) is 12.7 Å². The minimum absolute atomic E-state index is 0.138. The van der Waals surface area contributed by atoms with Crippen LogP contribution in [0.2, 0.25) is 0 Å². The zero-order valence-corrected chi connectivity index (χ0v) is 6.66. The highest BCUT2D eigenvalue weighted by atomic mass is 16.3. The molecular weight excluding hydrogens is 140 g/mol. The summed E-state index contributed by atoms with van der Waals surface area (Å²) in [5.74, 6) is 0. The van der Waals surface area contributed by atoms with Crippen LogP contribution in [-0.4, -0.2) is 36.2 Å². The molecule has 1 N–H and O–H groups in total. The van der Waals surface area contributed by atoms with Crippen LogP contribution in [0, 0.1) is 11.3 Å². The van der Waals surface area contributed by atoms with Crippen molar-refractivity contribution in [2.75, 3.05) is 26.2 Å². The van der Waals surface area contributed by atoms with Crippen molar-refractivity contribution in [3.63, 3.8) is 0 Å². The largest absolute Gasteiger partial charge is 0.395 e. The molecule has 3 heteroatoms. The molecule has 0 aliphatic rings. The number of rotatable bonds is 6. The minimum Gasteiger partial charge on any atom is -0.395 e. The summed E-state index contributed by atoms with van der Waals surface area (Å²) >= 11 is 0. The van der Waals surface area contributed by atoms with Crippen LogP contribution in [0.5, 0.6) is 0 Å². The normalized spacial score (nSPS) is 9.55. The average molecular weight is 154 g/mol. The predicted molar refractivity (Wildman–Crippen MR) is 44.0 cm³/mol. The molecule has 0 fully saturated rings. The summed E-state index contributed by atoms with van der Waals surface area (Å²) in [4.78, 5) is 1.98. The minimum atomic E-state index is 0.138. The molecule has 0 aromatic rings. The zero-order chi connectivity index (χ0) is 8.53. The van der Waals surface area contributed by atoms with Gasteiger partial charge in [-0.3, -0.25) is 4.90 Å². The first-order chi connectivity index (χ1) is 5.35. The molecule has 0 aromatic heterocycles. The van der Waals surface area contributed by atoms with Crippen molar-refractivity contribution in [2.45, 2.75) is 6.42 Å². The number of nitriles is 1. The van der Waals surface area contributed by atoms with Crippen LogP contribution in [0.3, 0.4) is 0 Å². The van der Waals surface area contributed by atoms with E-state index in [1.807, 2.05) is 4.90 Å². The Morgan fingerprint density at radius 3 is 2.73 bits per heavy atom. The van der Waals surface area contributed by atoms with Crippen LogP contribution < -0.4 is 0 Å². The van der Waals surface area contributed by atoms with Crippen molar-refractivity contribution < 1.29 is 5.11 Å². The molecule has 0 aliphatic carbocycles. The van der Waals surface area contributed by atoms with Gasteiger partial charge in [-0.25, -0.2) is 0 Å². The first kappa shape index (κ1) is 10.2. The van der Waals surface area contributed by atoms with E-state index in [2.05, 4.69) is 12.6 Å². The monoisotopic (exact) mass is 154 g/mol. The predicted octanol–water partition coefficient (Wildman–Crippen LogP) is 0.380. The summed E-state index contributed by atoms with van der Waals surface area (Å²) in [7, 11) is 0. The van der Waals surface area contributed by atoms with E-state index in [0.717, 1.165) is 6.54 Å². The quantitative estimate of drug-likeness (QED) is 0.563. The second-order valence-corrected chi connectivity index (χ2v) is 2.22. The maximum atomic E-state index is 8.60. The molecule has 0 heterocycles. The standard InChI is InChI=1S/C8H14N2O/c1-2-5-10(7-8-11)6-3-4-9/h2,11H,1,3,5-8H2. The number of aliphatic hydroxyl groups excluding tert-OH is 1. The molecule has 3 nitrogen and oxygen atoms in total. The summed E-state index contributed by atoms with van der Waals surface area (Å²) in [6.45, 7) is 5.79. The van der Waals surface area contributed by atoms with Gasteiger partial charge in [-0.2, -0.15) is 5.26 Å². The number of nitrogens with zero attached hydrogens (tertiary/aromatic N) is 2. The van der Waals surface area contributed by atoms with Crippen molar-refractivity contribution in [1.29, 1.82) is 5.26 Å². The van der Waals surface area contributed by atoms with E-state index in [4.69, 9.17) is 10.4 Å². The molecule has 0 rings (SSSR count). The Labute approximate surface area is 67.6 Å². The topological polar surface area (TPSA) is 47.3 Å². The maximum Gasteiger partial charge on any atom is 0.0635 e. The summed E-state index contributed by atoms with van der Waals surface area (Å²) in [5, 5.41) is 16.9. The van der Waals surface area contributed by atoms with Gasteiger partial charge in [0, 0.05) is 26.1 Å². The molecule has 62 valence electrons. The third kappa shape index (κ3) is 5.59. The molecule has 0 bridgehead atoms. The second-order valence-electron chi connectivity index (χ2n) is 2.22. The van der Waals surface area contributed by atoms with Gasteiger partial charge in [-0.05, 0) is 0 Å². The van der Waals surface area contributed by atoms with Gasteiger partial charge in [-0.1, -0.05) is 6.08 Å². The number of hydrogen-bond acceptors (Lipinski definition) is 3. The van der Waals surface area contributed by atoms with Gasteiger partial charge in [0.15, 0.2) is 0 Å². The molecule has 0 aromatic carbocycles. The lowest BCUT2D eigenvalue weighted by molar-refractivity contribution is 0.211. The number of hydrogen-bond donors (Lipinski definition) is 1. The lowest BCUT2D eigenvalue weighted by atomic mass is 10.4. The van der Waals surface area contributed by atoms with Crippen LogP contribution in [-0.2, 0) is 0 Å². The summed E-state index contributed by atoms with van der Waals surface area (Å²) in [6, 6.07) is 2.06. The average Bonchev–Trinajstić information content (AvgIpc) is 2.01. The Kier molecular flexibility index (Phi) is 6.70. The van der Waals surface area contributed by atoms with Crippen molar-refractivity contribution in [3.05, 3.63) is 12.7 Å². The fourth-order valence-corrected chi connectivity index (χ4v) is 0.826. The summed E-state index contributed by atoms with van der Waals surface area (Å²) < 4.78 is 0. The van der Waals surface area contributed by atoms with Crippen LogP contribution in [0.4, 0.5) is 0 Å². The molecule has 0 amide bonds. The first-order valence-corrected chi connectivity index (χ1v) is 3.66. The van der Waals surface area contributed by atoms with E-state index in [-0.39, 0.29) is 6.61 Å². The lowest BCUT2D eigenvalue weighted by Gasteiger charge is -2.16. The van der Waals surface area contributed by atoms with E-state index in [0.29, 0.717) is 19.5 Å². The van der Waals surface area contributed by atoms with Crippen molar-refractivity contribution >= 4 is 0 Å². The van der Waals surface area contributed by atoms with E-state index in [1.165, 1.54) is 0 Å². The van der Waals surface area contributed by atoms with Crippen molar-refractivity contribution in [2.24, 2.45) is 0 Å². The van der Waals surface area contributed by atoms with Crippen LogP contribution in [0.25, 0.3) is 0 Å². The van der Waals surface area contributed by atoms with E-state index < -0.39 is 0 Å². The Balaban J connectivity index is 3.51. The molecule has 0 saturated carbocycles. The summed E-state index contributed by atoms with van der Waals surface area (Å²) in [5.41, 5.74) is 0. The molecule has 0 unspecified atom stereocenters. The summed E-state index contributed by atoms with van der Waals surface area (Å²) in [6.07, 6.45) is 2.28. The number of aliphatic hydroxyl groups is 1. The maximum absolute atomic E-state index is 8.60. The lowest BCUT2D eigenvalue weighted by Crippen LogP contribution is -2.27. The Bertz CT molecular complexity index is 140. The molecule has 0 saturated heterocycles. The van der Waals surface area contributed by atoms with Gasteiger partial charge in [0.1, 0.15) is 0 Å².